The quantitative estimate of drug-likeness (QED) is 0.707. The highest BCUT2D eigenvalue weighted by Gasteiger charge is 2.58. The standard InChI is InChI=1S/C12H20N2O3/c1-13(8-9-14-6-2-3-7-14)10(15)12(4-5-12)11(16)17/h2-9H2,1H3,(H,16,17). The molecule has 1 N–H and O–H groups in total. The first-order valence-electron chi connectivity index (χ1n) is 6.27. The number of aliphatic carboxylic acids is 1. The number of hydrogen-bond acceptors (Lipinski definition) is 3. The molecule has 5 nitrogen and oxygen atoms in total. The summed E-state index contributed by atoms with van der Waals surface area (Å²) in [5.41, 5.74) is -1.08. The first kappa shape index (κ1) is 12.4. The summed E-state index contributed by atoms with van der Waals surface area (Å²) in [5, 5.41) is 9.04. The van der Waals surface area contributed by atoms with Gasteiger partial charge in [0, 0.05) is 20.1 Å². The highest BCUT2D eigenvalue weighted by molar-refractivity contribution is 6.04. The third-order valence-corrected chi connectivity index (χ3v) is 3.87. The molecule has 0 aromatic carbocycles. The van der Waals surface area contributed by atoms with Crippen molar-refractivity contribution in [2.24, 2.45) is 5.41 Å². The number of hydrogen-bond donors (Lipinski definition) is 1. The van der Waals surface area contributed by atoms with Gasteiger partial charge in [0.25, 0.3) is 0 Å². The normalized spacial score (nSPS) is 22.4. The van der Waals surface area contributed by atoms with Gasteiger partial charge >= 0.3 is 5.97 Å². The monoisotopic (exact) mass is 240 g/mol. The van der Waals surface area contributed by atoms with Crippen LogP contribution in [0.4, 0.5) is 0 Å². The van der Waals surface area contributed by atoms with Crippen LogP contribution in [0.3, 0.4) is 0 Å². The third kappa shape index (κ3) is 2.44. The zero-order valence-electron chi connectivity index (χ0n) is 10.3. The summed E-state index contributed by atoms with van der Waals surface area (Å²) >= 11 is 0. The van der Waals surface area contributed by atoms with Gasteiger partial charge in [-0.2, -0.15) is 0 Å². The van der Waals surface area contributed by atoms with E-state index in [0.717, 1.165) is 19.6 Å². The van der Waals surface area contributed by atoms with Crippen molar-refractivity contribution in [3.63, 3.8) is 0 Å². The van der Waals surface area contributed by atoms with Crippen LogP contribution in [-0.4, -0.2) is 60.0 Å². The smallest absolute Gasteiger partial charge is 0.319 e. The maximum atomic E-state index is 12.0. The Hall–Kier alpha value is -1.10. The minimum Gasteiger partial charge on any atom is -0.480 e. The first-order chi connectivity index (χ1) is 8.06. The molecule has 2 aliphatic rings. The Balaban J connectivity index is 1.81. The lowest BCUT2D eigenvalue weighted by Gasteiger charge is -2.24. The molecule has 0 unspecified atom stereocenters. The Labute approximate surface area is 101 Å². The molecule has 17 heavy (non-hydrogen) atoms. The van der Waals surface area contributed by atoms with E-state index in [1.807, 2.05) is 0 Å². The number of nitrogens with zero attached hydrogens (tertiary/aromatic N) is 2. The minimum atomic E-state index is -1.08. The van der Waals surface area contributed by atoms with Crippen molar-refractivity contribution in [2.45, 2.75) is 25.7 Å². The van der Waals surface area contributed by atoms with Gasteiger partial charge in [-0.25, -0.2) is 0 Å². The van der Waals surface area contributed by atoms with Crippen molar-refractivity contribution in [3.8, 4) is 0 Å². The largest absolute Gasteiger partial charge is 0.480 e. The number of carbonyl (C=O) groups is 2. The Morgan fingerprint density at radius 2 is 1.88 bits per heavy atom. The zero-order chi connectivity index (χ0) is 12.5. The molecule has 0 aromatic rings. The highest BCUT2D eigenvalue weighted by Crippen LogP contribution is 2.47. The Bertz CT molecular complexity index is 320. The van der Waals surface area contributed by atoms with Crippen LogP contribution in [0.15, 0.2) is 0 Å². The van der Waals surface area contributed by atoms with E-state index in [9.17, 15) is 9.59 Å². The van der Waals surface area contributed by atoms with Crippen LogP contribution in [0.1, 0.15) is 25.7 Å². The molecular formula is C12H20N2O3. The van der Waals surface area contributed by atoms with Crippen LogP contribution in [-0.2, 0) is 9.59 Å². The van der Waals surface area contributed by atoms with Crippen LogP contribution in [0.2, 0.25) is 0 Å². The molecule has 1 heterocycles. The second kappa shape index (κ2) is 4.64. The molecule has 0 aromatic heterocycles. The Kier molecular flexibility index (Phi) is 3.38. The van der Waals surface area contributed by atoms with Crippen LogP contribution < -0.4 is 0 Å². The van der Waals surface area contributed by atoms with Crippen molar-refractivity contribution < 1.29 is 14.7 Å². The maximum Gasteiger partial charge on any atom is 0.319 e. The molecule has 96 valence electrons. The topological polar surface area (TPSA) is 60.9 Å². The second-order valence-corrected chi connectivity index (χ2v) is 5.16. The maximum absolute atomic E-state index is 12.0. The van der Waals surface area contributed by atoms with E-state index in [0.29, 0.717) is 19.4 Å². The van der Waals surface area contributed by atoms with Gasteiger partial charge in [-0.3, -0.25) is 9.59 Å². The fourth-order valence-corrected chi connectivity index (χ4v) is 2.41. The fourth-order valence-electron chi connectivity index (χ4n) is 2.41. The number of carboxylic acids is 1. The van der Waals surface area contributed by atoms with Gasteiger partial charge in [-0.15, -0.1) is 0 Å². The lowest BCUT2D eigenvalue weighted by molar-refractivity contribution is -0.152. The molecule has 0 radical (unpaired) electrons. The van der Waals surface area contributed by atoms with Crippen LogP contribution in [0.25, 0.3) is 0 Å². The molecule has 0 spiro atoms. The Morgan fingerprint density at radius 1 is 1.29 bits per heavy atom. The van der Waals surface area contributed by atoms with Gasteiger partial charge in [0.2, 0.25) is 5.91 Å². The predicted octanol–water partition coefficient (Wildman–Crippen LogP) is 0.405. The molecule has 0 bridgehead atoms. The van der Waals surface area contributed by atoms with E-state index in [1.165, 1.54) is 12.8 Å². The lowest BCUT2D eigenvalue weighted by Crippen LogP contribution is -2.42. The van der Waals surface area contributed by atoms with E-state index in [4.69, 9.17) is 5.11 Å². The zero-order valence-corrected chi connectivity index (χ0v) is 10.3. The lowest BCUT2D eigenvalue weighted by atomic mass is 10.1. The van der Waals surface area contributed by atoms with E-state index in [1.54, 1.807) is 11.9 Å². The van der Waals surface area contributed by atoms with E-state index in [2.05, 4.69) is 4.90 Å². The third-order valence-electron chi connectivity index (χ3n) is 3.87. The summed E-state index contributed by atoms with van der Waals surface area (Å²) in [4.78, 5) is 26.9. The SMILES string of the molecule is CN(CCN1CCCC1)C(=O)C1(C(=O)O)CC1. The summed E-state index contributed by atoms with van der Waals surface area (Å²) in [6, 6.07) is 0. The van der Waals surface area contributed by atoms with E-state index < -0.39 is 11.4 Å². The van der Waals surface area contributed by atoms with E-state index >= 15 is 0 Å². The van der Waals surface area contributed by atoms with Crippen LogP contribution in [0, 0.1) is 5.41 Å². The van der Waals surface area contributed by atoms with Crippen molar-refractivity contribution >= 4 is 11.9 Å². The van der Waals surface area contributed by atoms with Crippen molar-refractivity contribution in [1.82, 2.24) is 9.80 Å². The van der Waals surface area contributed by atoms with Gasteiger partial charge in [0.05, 0.1) is 0 Å². The Morgan fingerprint density at radius 3 is 2.35 bits per heavy atom. The number of carbonyl (C=O) groups excluding carboxylic acids is 1. The molecule has 1 saturated heterocycles. The molecule has 1 amide bonds. The summed E-state index contributed by atoms with van der Waals surface area (Å²) in [7, 11) is 1.71. The molecule has 2 fully saturated rings. The van der Waals surface area contributed by atoms with Gasteiger partial charge in [-0.05, 0) is 38.8 Å². The van der Waals surface area contributed by atoms with Crippen LogP contribution >= 0.6 is 0 Å². The minimum absolute atomic E-state index is 0.218. The fraction of sp³-hybridized carbons (Fsp3) is 0.833. The molecule has 2 rings (SSSR count). The average molecular weight is 240 g/mol. The average Bonchev–Trinajstić information content (AvgIpc) is 2.96. The number of likely N-dealkylation sites (tertiary alicyclic amines) is 1. The number of likely N-dealkylation sites (N-methyl/N-ethyl adjacent to an activating group) is 1. The van der Waals surface area contributed by atoms with Crippen molar-refractivity contribution in [1.29, 1.82) is 0 Å². The molecule has 5 heteroatoms. The molecule has 0 atom stereocenters. The van der Waals surface area contributed by atoms with Gasteiger partial charge < -0.3 is 14.9 Å². The molecule has 1 aliphatic heterocycles. The summed E-state index contributed by atoms with van der Waals surface area (Å²) in [6.07, 6.45) is 3.46. The van der Waals surface area contributed by atoms with Crippen molar-refractivity contribution in [3.05, 3.63) is 0 Å². The number of carboxylic acid groups (broad SMARTS) is 1. The number of rotatable bonds is 5. The van der Waals surface area contributed by atoms with Gasteiger partial charge in [-0.1, -0.05) is 0 Å². The predicted molar refractivity (Wildman–Crippen MR) is 62.6 cm³/mol. The summed E-state index contributed by atoms with van der Waals surface area (Å²) in [5.74, 6) is -1.18. The second-order valence-electron chi connectivity index (χ2n) is 5.16. The first-order valence-corrected chi connectivity index (χ1v) is 6.27. The van der Waals surface area contributed by atoms with Crippen molar-refractivity contribution in [2.75, 3.05) is 33.2 Å². The summed E-state index contributed by atoms with van der Waals surface area (Å²) in [6.45, 7) is 3.70. The van der Waals surface area contributed by atoms with Gasteiger partial charge in [0.15, 0.2) is 0 Å². The molecular weight excluding hydrogens is 220 g/mol. The molecule has 1 saturated carbocycles. The van der Waals surface area contributed by atoms with Crippen LogP contribution in [0.5, 0.6) is 0 Å². The van der Waals surface area contributed by atoms with Gasteiger partial charge in [0.1, 0.15) is 5.41 Å². The molecule has 1 aliphatic carbocycles. The van der Waals surface area contributed by atoms with E-state index in [-0.39, 0.29) is 5.91 Å². The highest BCUT2D eigenvalue weighted by atomic mass is 16.4. The summed E-state index contributed by atoms with van der Waals surface area (Å²) < 4.78 is 0. The number of amides is 1.